The van der Waals surface area contributed by atoms with Crippen LogP contribution in [0, 0.1) is 17.2 Å². The number of hydrogen-bond donors (Lipinski definition) is 0. The summed E-state index contributed by atoms with van der Waals surface area (Å²) in [5, 5.41) is 9.06. The van der Waals surface area contributed by atoms with Crippen molar-refractivity contribution in [3.8, 4) is 6.07 Å². The Hall–Kier alpha value is -1.83. The third kappa shape index (κ3) is 2.78. The standard InChI is InChI=1S/C14H12F3NO/c15-14(16,17)11-6-2-5-10(7-11)12(8-18)13(19)9-3-1-4-9/h2,5-7,9,12H,1,3-4H2. The number of benzene rings is 1. The van der Waals surface area contributed by atoms with Gasteiger partial charge in [0.05, 0.1) is 11.6 Å². The van der Waals surface area contributed by atoms with Crippen molar-refractivity contribution in [2.24, 2.45) is 5.92 Å². The Morgan fingerprint density at radius 2 is 2.05 bits per heavy atom. The zero-order valence-corrected chi connectivity index (χ0v) is 10.1. The van der Waals surface area contributed by atoms with Gasteiger partial charge < -0.3 is 0 Å². The van der Waals surface area contributed by atoms with Crippen LogP contribution in [0.2, 0.25) is 0 Å². The summed E-state index contributed by atoms with van der Waals surface area (Å²) in [5.41, 5.74) is -0.694. The molecule has 0 heterocycles. The van der Waals surface area contributed by atoms with E-state index in [2.05, 4.69) is 0 Å². The first-order valence-electron chi connectivity index (χ1n) is 6.04. The third-order valence-corrected chi connectivity index (χ3v) is 3.47. The molecular formula is C14H12F3NO. The molecule has 0 amide bonds. The smallest absolute Gasteiger partial charge is 0.298 e. The first-order valence-corrected chi connectivity index (χ1v) is 6.04. The van der Waals surface area contributed by atoms with Gasteiger partial charge in [-0.2, -0.15) is 18.4 Å². The van der Waals surface area contributed by atoms with Gasteiger partial charge in [0.1, 0.15) is 5.92 Å². The van der Waals surface area contributed by atoms with Crippen LogP contribution in [0.25, 0.3) is 0 Å². The minimum absolute atomic E-state index is 0.134. The maximum absolute atomic E-state index is 12.6. The number of nitriles is 1. The van der Waals surface area contributed by atoms with Crippen molar-refractivity contribution in [1.82, 2.24) is 0 Å². The van der Waals surface area contributed by atoms with Crippen molar-refractivity contribution in [3.63, 3.8) is 0 Å². The van der Waals surface area contributed by atoms with E-state index < -0.39 is 17.7 Å². The molecule has 100 valence electrons. The lowest BCUT2D eigenvalue weighted by molar-refractivity contribution is -0.137. The fourth-order valence-electron chi connectivity index (χ4n) is 2.13. The summed E-state index contributed by atoms with van der Waals surface area (Å²) in [4.78, 5) is 12.0. The molecule has 1 aliphatic carbocycles. The second-order valence-electron chi connectivity index (χ2n) is 4.72. The van der Waals surface area contributed by atoms with Crippen LogP contribution in [0.4, 0.5) is 13.2 Å². The molecule has 0 radical (unpaired) electrons. The first-order chi connectivity index (χ1) is 8.93. The Morgan fingerprint density at radius 3 is 2.53 bits per heavy atom. The zero-order valence-electron chi connectivity index (χ0n) is 10.1. The first kappa shape index (κ1) is 13.6. The lowest BCUT2D eigenvalue weighted by Gasteiger charge is -2.26. The molecule has 1 atom stereocenters. The molecule has 0 bridgehead atoms. The predicted molar refractivity (Wildman–Crippen MR) is 62.1 cm³/mol. The molecular weight excluding hydrogens is 255 g/mol. The van der Waals surface area contributed by atoms with E-state index in [1.54, 1.807) is 0 Å². The fraction of sp³-hybridized carbons (Fsp3) is 0.429. The van der Waals surface area contributed by atoms with Crippen LogP contribution in [-0.2, 0) is 11.0 Å². The average Bonchev–Trinajstić information content (AvgIpc) is 2.27. The summed E-state index contributed by atoms with van der Waals surface area (Å²) in [7, 11) is 0. The lowest BCUT2D eigenvalue weighted by atomic mass is 9.76. The number of ketones is 1. The Morgan fingerprint density at radius 1 is 1.37 bits per heavy atom. The highest BCUT2D eigenvalue weighted by molar-refractivity contribution is 5.90. The molecule has 1 aliphatic rings. The van der Waals surface area contributed by atoms with Gasteiger partial charge in [0.15, 0.2) is 5.78 Å². The third-order valence-electron chi connectivity index (χ3n) is 3.47. The molecule has 0 aromatic heterocycles. The van der Waals surface area contributed by atoms with Crippen molar-refractivity contribution >= 4 is 5.78 Å². The molecule has 5 heteroatoms. The second kappa shape index (κ2) is 5.04. The number of rotatable bonds is 3. The van der Waals surface area contributed by atoms with Crippen molar-refractivity contribution in [1.29, 1.82) is 5.26 Å². The lowest BCUT2D eigenvalue weighted by Crippen LogP contribution is -2.27. The van der Waals surface area contributed by atoms with Gasteiger partial charge in [-0.1, -0.05) is 24.6 Å². The molecule has 0 spiro atoms. The van der Waals surface area contributed by atoms with Crippen LogP contribution in [0.5, 0.6) is 0 Å². The summed E-state index contributed by atoms with van der Waals surface area (Å²) >= 11 is 0. The highest BCUT2D eigenvalue weighted by atomic mass is 19.4. The summed E-state index contributed by atoms with van der Waals surface area (Å²) in [6.45, 7) is 0. The molecule has 1 aromatic carbocycles. The van der Waals surface area contributed by atoms with E-state index in [0.717, 1.165) is 31.4 Å². The second-order valence-corrected chi connectivity index (χ2v) is 4.72. The largest absolute Gasteiger partial charge is 0.416 e. The molecule has 2 rings (SSSR count). The minimum Gasteiger partial charge on any atom is -0.298 e. The zero-order chi connectivity index (χ0) is 14.0. The minimum atomic E-state index is -4.46. The maximum atomic E-state index is 12.6. The number of carbonyl (C=O) groups is 1. The summed E-state index contributed by atoms with van der Waals surface area (Å²) in [6.07, 6.45) is -2.06. The monoisotopic (exact) mass is 267 g/mol. The van der Waals surface area contributed by atoms with Crippen LogP contribution in [0.15, 0.2) is 24.3 Å². The SMILES string of the molecule is N#CC(C(=O)C1CCC1)c1cccc(C(F)(F)F)c1. The van der Waals surface area contributed by atoms with Gasteiger partial charge in [0, 0.05) is 5.92 Å². The Labute approximate surface area is 108 Å². The molecule has 0 N–H and O–H groups in total. The highest BCUT2D eigenvalue weighted by Crippen LogP contribution is 2.35. The van der Waals surface area contributed by atoms with Crippen LogP contribution in [0.1, 0.15) is 36.3 Å². The van der Waals surface area contributed by atoms with E-state index in [1.165, 1.54) is 12.1 Å². The van der Waals surface area contributed by atoms with Gasteiger partial charge in [-0.05, 0) is 24.5 Å². The highest BCUT2D eigenvalue weighted by Gasteiger charge is 2.34. The van der Waals surface area contributed by atoms with Crippen molar-refractivity contribution in [3.05, 3.63) is 35.4 Å². The van der Waals surface area contributed by atoms with Gasteiger partial charge in [-0.3, -0.25) is 4.79 Å². The van der Waals surface area contributed by atoms with Crippen molar-refractivity contribution < 1.29 is 18.0 Å². The summed E-state index contributed by atoms with van der Waals surface area (Å²) in [6, 6.07) is 6.29. The van der Waals surface area contributed by atoms with Crippen molar-refractivity contribution in [2.45, 2.75) is 31.4 Å². The molecule has 19 heavy (non-hydrogen) atoms. The van der Waals surface area contributed by atoms with Crippen LogP contribution in [-0.4, -0.2) is 5.78 Å². The van der Waals surface area contributed by atoms with E-state index in [1.807, 2.05) is 6.07 Å². The number of nitrogens with zero attached hydrogens (tertiary/aromatic N) is 1. The number of alkyl halides is 3. The van der Waals surface area contributed by atoms with Gasteiger partial charge in [0.2, 0.25) is 0 Å². The van der Waals surface area contributed by atoms with E-state index >= 15 is 0 Å². The van der Waals surface area contributed by atoms with E-state index in [-0.39, 0.29) is 17.3 Å². The average molecular weight is 267 g/mol. The van der Waals surface area contributed by atoms with Gasteiger partial charge in [-0.15, -0.1) is 0 Å². The molecule has 1 unspecified atom stereocenters. The van der Waals surface area contributed by atoms with Gasteiger partial charge >= 0.3 is 6.18 Å². The molecule has 2 nitrogen and oxygen atoms in total. The summed E-state index contributed by atoms with van der Waals surface area (Å²) in [5.74, 6) is -1.51. The number of carbonyl (C=O) groups excluding carboxylic acids is 1. The topological polar surface area (TPSA) is 40.9 Å². The van der Waals surface area contributed by atoms with E-state index in [9.17, 15) is 18.0 Å². The van der Waals surface area contributed by atoms with Crippen LogP contribution >= 0.6 is 0 Å². The van der Waals surface area contributed by atoms with E-state index in [0.29, 0.717) is 0 Å². The quantitative estimate of drug-likeness (QED) is 0.838. The van der Waals surface area contributed by atoms with E-state index in [4.69, 9.17) is 5.26 Å². The van der Waals surface area contributed by atoms with Crippen LogP contribution in [0.3, 0.4) is 0 Å². The van der Waals surface area contributed by atoms with Gasteiger partial charge in [0.25, 0.3) is 0 Å². The molecule has 0 aliphatic heterocycles. The number of Topliss-reactive ketones (excluding diaryl/α,β-unsaturated/α-hetero) is 1. The Kier molecular flexibility index (Phi) is 3.61. The predicted octanol–water partition coefficient (Wildman–Crippen LogP) is 3.68. The fourth-order valence-corrected chi connectivity index (χ4v) is 2.13. The number of halogens is 3. The van der Waals surface area contributed by atoms with Gasteiger partial charge in [-0.25, -0.2) is 0 Å². The van der Waals surface area contributed by atoms with Crippen molar-refractivity contribution in [2.75, 3.05) is 0 Å². The molecule has 1 fully saturated rings. The maximum Gasteiger partial charge on any atom is 0.416 e. The Balaban J connectivity index is 2.28. The Bertz CT molecular complexity index is 526. The molecule has 1 saturated carbocycles. The normalized spacial score (nSPS) is 17.4. The number of hydrogen-bond acceptors (Lipinski definition) is 2. The summed E-state index contributed by atoms with van der Waals surface area (Å²) < 4.78 is 37.8. The van der Waals surface area contributed by atoms with Crippen LogP contribution < -0.4 is 0 Å². The molecule has 0 saturated heterocycles. The molecule has 1 aromatic rings.